The van der Waals surface area contributed by atoms with Gasteiger partial charge in [0.05, 0.1) is 27.3 Å². The molecular weight excluding hydrogens is 386 g/mol. The van der Waals surface area contributed by atoms with E-state index < -0.39 is 16.8 Å². The Hall–Kier alpha value is -2.47. The topological polar surface area (TPSA) is 72.5 Å². The van der Waals surface area contributed by atoms with Crippen molar-refractivity contribution in [2.45, 2.75) is 50.5 Å². The number of carbonyl (C=O) groups excluding carboxylic acids is 2. The lowest BCUT2D eigenvalue weighted by Gasteiger charge is -2.20. The number of hydrogen-bond acceptors (Lipinski definition) is 4. The van der Waals surface area contributed by atoms with E-state index >= 15 is 0 Å². The van der Waals surface area contributed by atoms with Crippen LogP contribution in [0.3, 0.4) is 0 Å². The number of nitrogens with one attached hydrogen (secondary N) is 1. The van der Waals surface area contributed by atoms with E-state index in [0.29, 0.717) is 10.6 Å². The summed E-state index contributed by atoms with van der Waals surface area (Å²) < 4.78 is 17.3. The molecule has 6 heteroatoms. The Morgan fingerprint density at radius 2 is 1.83 bits per heavy atom. The van der Waals surface area contributed by atoms with E-state index in [1.807, 2.05) is 6.92 Å². The van der Waals surface area contributed by atoms with Crippen LogP contribution >= 0.6 is 0 Å². The molecule has 2 aromatic carbocycles. The third kappa shape index (κ3) is 5.32. The van der Waals surface area contributed by atoms with Crippen molar-refractivity contribution in [1.82, 2.24) is 5.32 Å². The maximum absolute atomic E-state index is 12.4. The van der Waals surface area contributed by atoms with Crippen molar-refractivity contribution in [2.75, 3.05) is 12.4 Å². The Labute approximate surface area is 174 Å². The Bertz CT molecular complexity index is 925. The van der Waals surface area contributed by atoms with Crippen LogP contribution in [-0.2, 0) is 33.2 Å². The maximum Gasteiger partial charge on any atom is 0.339 e. The molecule has 0 aromatic heterocycles. The Morgan fingerprint density at radius 1 is 1.10 bits per heavy atom. The van der Waals surface area contributed by atoms with Gasteiger partial charge in [0.2, 0.25) is 0 Å². The van der Waals surface area contributed by atoms with E-state index in [4.69, 9.17) is 4.74 Å². The number of amides is 1. The van der Waals surface area contributed by atoms with Gasteiger partial charge in [-0.3, -0.25) is 9.00 Å². The molecule has 0 aliphatic heterocycles. The molecule has 0 unspecified atom stereocenters. The summed E-state index contributed by atoms with van der Waals surface area (Å²) in [5.74, 6) is -0.597. The second-order valence-corrected chi connectivity index (χ2v) is 8.94. The quantitative estimate of drug-likeness (QED) is 0.702. The minimum absolute atomic E-state index is 0.173. The molecule has 0 saturated carbocycles. The average molecular weight is 414 g/mol. The first-order valence-corrected chi connectivity index (χ1v) is 11.4. The van der Waals surface area contributed by atoms with Crippen LogP contribution in [0.25, 0.3) is 0 Å². The lowest BCUT2D eigenvalue weighted by molar-refractivity contribution is -0.124. The van der Waals surface area contributed by atoms with Crippen LogP contribution in [0.1, 0.15) is 59.8 Å². The molecule has 2 atom stereocenters. The fourth-order valence-corrected chi connectivity index (χ4v) is 4.53. The fourth-order valence-electron chi connectivity index (χ4n) is 3.59. The van der Waals surface area contributed by atoms with Gasteiger partial charge < -0.3 is 10.1 Å². The van der Waals surface area contributed by atoms with Gasteiger partial charge in [0.25, 0.3) is 5.91 Å². The predicted octanol–water partition coefficient (Wildman–Crippen LogP) is 3.73. The normalized spacial score (nSPS) is 15.1. The first kappa shape index (κ1) is 21.2. The van der Waals surface area contributed by atoms with E-state index in [0.717, 1.165) is 18.4 Å². The molecule has 29 heavy (non-hydrogen) atoms. The molecule has 3 rings (SSSR count). The molecule has 5 nitrogen and oxygen atoms in total. The van der Waals surface area contributed by atoms with E-state index in [-0.39, 0.29) is 24.1 Å². The number of carbonyl (C=O) groups is 2. The van der Waals surface area contributed by atoms with Crippen molar-refractivity contribution < 1.29 is 18.5 Å². The van der Waals surface area contributed by atoms with Crippen molar-refractivity contribution in [2.24, 2.45) is 0 Å². The van der Waals surface area contributed by atoms with Crippen molar-refractivity contribution in [3.8, 4) is 0 Å². The van der Waals surface area contributed by atoms with Gasteiger partial charge in [0.15, 0.2) is 6.61 Å². The largest absolute Gasteiger partial charge is 0.452 e. The molecule has 1 aliphatic carbocycles. The number of esters is 1. The Morgan fingerprint density at radius 3 is 2.59 bits per heavy atom. The van der Waals surface area contributed by atoms with Gasteiger partial charge in [-0.2, -0.15) is 0 Å². The molecule has 0 bridgehead atoms. The third-order valence-electron chi connectivity index (χ3n) is 5.20. The fraction of sp³-hybridized carbons (Fsp3) is 0.391. The monoisotopic (exact) mass is 413 g/mol. The van der Waals surface area contributed by atoms with Crippen LogP contribution < -0.4 is 5.32 Å². The molecule has 0 saturated heterocycles. The van der Waals surface area contributed by atoms with E-state index in [9.17, 15) is 13.8 Å². The second kappa shape index (κ2) is 9.83. The van der Waals surface area contributed by atoms with Gasteiger partial charge >= 0.3 is 5.97 Å². The number of aryl methyl sites for hydroxylation is 2. The van der Waals surface area contributed by atoms with Gasteiger partial charge in [-0.1, -0.05) is 37.3 Å². The van der Waals surface area contributed by atoms with Gasteiger partial charge in [-0.25, -0.2) is 4.79 Å². The maximum atomic E-state index is 12.4. The standard InChI is InChI=1S/C23H27NO4S/c1-3-29(27)21-11-7-6-10-20(21)23(26)28-15-22(25)24-16(2)18-13-12-17-8-4-5-9-19(17)14-18/h6-7,10-14,16H,3-5,8-9,15H2,1-2H3,(H,24,25)/t16-,29+/m1/s1. The van der Waals surface area contributed by atoms with Crippen LogP contribution in [0.15, 0.2) is 47.4 Å². The zero-order valence-corrected chi connectivity index (χ0v) is 17.7. The van der Waals surface area contributed by atoms with Crippen LogP contribution in [0.5, 0.6) is 0 Å². The molecular formula is C23H27NO4S. The highest BCUT2D eigenvalue weighted by atomic mass is 32.2. The number of hydrogen-bond donors (Lipinski definition) is 1. The van der Waals surface area contributed by atoms with Gasteiger partial charge in [0, 0.05) is 5.75 Å². The highest BCUT2D eigenvalue weighted by molar-refractivity contribution is 7.85. The molecule has 0 heterocycles. The summed E-state index contributed by atoms with van der Waals surface area (Å²) in [4.78, 5) is 25.1. The zero-order chi connectivity index (χ0) is 20.8. The smallest absolute Gasteiger partial charge is 0.339 e. The molecule has 1 amide bonds. The number of rotatable bonds is 7. The van der Waals surface area contributed by atoms with Gasteiger partial charge in [-0.05, 0) is 61.4 Å². The van der Waals surface area contributed by atoms with Crippen LogP contribution in [0.4, 0.5) is 0 Å². The van der Waals surface area contributed by atoms with Crippen LogP contribution in [-0.4, -0.2) is 28.4 Å². The summed E-state index contributed by atoms with van der Waals surface area (Å²) in [6.07, 6.45) is 4.65. The summed E-state index contributed by atoms with van der Waals surface area (Å²) >= 11 is 0. The lowest BCUT2D eigenvalue weighted by atomic mass is 9.89. The van der Waals surface area contributed by atoms with E-state index in [1.54, 1.807) is 31.2 Å². The van der Waals surface area contributed by atoms with Crippen molar-refractivity contribution in [3.63, 3.8) is 0 Å². The number of fused-ring (bicyclic) bond motifs is 1. The summed E-state index contributed by atoms with van der Waals surface area (Å²) in [7, 11) is -1.27. The van der Waals surface area contributed by atoms with E-state index in [2.05, 4.69) is 23.5 Å². The third-order valence-corrected chi connectivity index (χ3v) is 6.57. The molecule has 0 radical (unpaired) electrons. The molecule has 1 aliphatic rings. The number of benzene rings is 2. The highest BCUT2D eigenvalue weighted by Crippen LogP contribution is 2.24. The molecule has 0 spiro atoms. The first-order valence-electron chi connectivity index (χ1n) is 10.0. The Kier molecular flexibility index (Phi) is 7.20. The van der Waals surface area contributed by atoms with Crippen molar-refractivity contribution in [3.05, 3.63) is 64.7 Å². The average Bonchev–Trinajstić information content (AvgIpc) is 2.76. The van der Waals surface area contributed by atoms with Crippen LogP contribution in [0, 0.1) is 0 Å². The lowest BCUT2D eigenvalue weighted by Crippen LogP contribution is -2.31. The second-order valence-electron chi connectivity index (χ2n) is 7.23. The highest BCUT2D eigenvalue weighted by Gasteiger charge is 2.18. The van der Waals surface area contributed by atoms with Crippen LogP contribution in [0.2, 0.25) is 0 Å². The SMILES string of the molecule is CC[S@](=O)c1ccccc1C(=O)OCC(=O)N[C@H](C)c1ccc2c(c1)CCCC2. The minimum Gasteiger partial charge on any atom is -0.452 e. The van der Waals surface area contributed by atoms with Crippen molar-refractivity contribution >= 4 is 22.7 Å². The summed E-state index contributed by atoms with van der Waals surface area (Å²) in [5, 5.41) is 2.88. The molecule has 0 fully saturated rings. The zero-order valence-electron chi connectivity index (χ0n) is 16.9. The number of ether oxygens (including phenoxy) is 1. The van der Waals surface area contributed by atoms with E-state index in [1.165, 1.54) is 24.0 Å². The van der Waals surface area contributed by atoms with Gasteiger partial charge in [-0.15, -0.1) is 0 Å². The Balaban J connectivity index is 1.57. The predicted molar refractivity (Wildman–Crippen MR) is 113 cm³/mol. The molecule has 154 valence electrons. The minimum atomic E-state index is -1.27. The van der Waals surface area contributed by atoms with Gasteiger partial charge in [0.1, 0.15) is 0 Å². The molecule has 1 N–H and O–H groups in total. The first-order chi connectivity index (χ1) is 14.0. The summed E-state index contributed by atoms with van der Waals surface area (Å²) in [5.41, 5.74) is 4.05. The molecule has 2 aromatic rings. The van der Waals surface area contributed by atoms with Crippen molar-refractivity contribution in [1.29, 1.82) is 0 Å². The summed E-state index contributed by atoms with van der Waals surface area (Å²) in [6, 6.07) is 12.8. The summed E-state index contributed by atoms with van der Waals surface area (Å²) in [6.45, 7) is 3.33.